The van der Waals surface area contributed by atoms with Crippen LogP contribution in [0.15, 0.2) is 162 Å². The molecule has 0 saturated carbocycles. The molecule has 0 fully saturated rings. The van der Waals surface area contributed by atoms with E-state index in [4.69, 9.17) is 14.4 Å². The van der Waals surface area contributed by atoms with Crippen molar-refractivity contribution in [1.29, 1.82) is 0 Å². The van der Waals surface area contributed by atoms with E-state index in [9.17, 15) is 0 Å². The number of fused-ring (bicyclic) bond motifs is 1. The lowest BCUT2D eigenvalue weighted by atomic mass is 9.98. The maximum absolute atomic E-state index is 5.94. The van der Waals surface area contributed by atoms with Gasteiger partial charge in [0, 0.05) is 22.3 Å². The summed E-state index contributed by atoms with van der Waals surface area (Å²) in [6, 6.07) is 53.4. The summed E-state index contributed by atoms with van der Waals surface area (Å²) in [6.45, 7) is 0. The number of benzene rings is 6. The van der Waals surface area contributed by atoms with Gasteiger partial charge in [-0.1, -0.05) is 121 Å². The number of aromatic nitrogens is 4. The number of nitrogens with zero attached hydrogens (tertiary/aromatic N) is 4. The van der Waals surface area contributed by atoms with Crippen LogP contribution in [0, 0.1) is 0 Å². The summed E-state index contributed by atoms with van der Waals surface area (Å²) < 4.78 is 5.94. The lowest BCUT2D eigenvalue weighted by Gasteiger charge is -2.12. The molecule has 0 aliphatic rings. The van der Waals surface area contributed by atoms with Gasteiger partial charge in [0.05, 0.1) is 22.4 Å². The third-order valence-electron chi connectivity index (χ3n) is 7.91. The fourth-order valence-electron chi connectivity index (χ4n) is 5.52. The highest BCUT2D eigenvalue weighted by Crippen LogP contribution is 2.34. The van der Waals surface area contributed by atoms with E-state index in [1.807, 2.05) is 72.8 Å². The van der Waals surface area contributed by atoms with Gasteiger partial charge in [-0.15, -0.1) is 10.2 Å². The molecule has 2 aromatic heterocycles. The van der Waals surface area contributed by atoms with E-state index in [-0.39, 0.29) is 0 Å². The van der Waals surface area contributed by atoms with Crippen LogP contribution in [-0.4, -0.2) is 20.2 Å². The molecule has 0 spiro atoms. The molecule has 5 heteroatoms. The predicted molar refractivity (Wildman–Crippen MR) is 180 cm³/mol. The maximum Gasteiger partial charge on any atom is 0.248 e. The van der Waals surface area contributed by atoms with E-state index in [1.54, 1.807) is 0 Å². The van der Waals surface area contributed by atoms with E-state index in [2.05, 4.69) is 95.1 Å². The molecule has 45 heavy (non-hydrogen) atoms. The molecule has 0 atom stereocenters. The fourth-order valence-corrected chi connectivity index (χ4v) is 5.52. The molecule has 0 unspecified atom stereocenters. The molecular formula is C40H26N4O. The average Bonchev–Trinajstić information content (AvgIpc) is 3.63. The topological polar surface area (TPSA) is 64.7 Å². The molecular weight excluding hydrogens is 552 g/mol. The lowest BCUT2D eigenvalue weighted by Crippen LogP contribution is -1.95. The van der Waals surface area contributed by atoms with Gasteiger partial charge in [-0.25, -0.2) is 9.97 Å². The normalized spacial score (nSPS) is 11.1. The molecule has 8 aromatic rings. The van der Waals surface area contributed by atoms with E-state index in [0.29, 0.717) is 11.8 Å². The van der Waals surface area contributed by atoms with Crippen molar-refractivity contribution in [2.45, 2.75) is 0 Å². The minimum absolute atomic E-state index is 0.495. The first-order valence-electron chi connectivity index (χ1n) is 14.8. The monoisotopic (exact) mass is 578 g/mol. The Morgan fingerprint density at radius 2 is 0.600 bits per heavy atom. The van der Waals surface area contributed by atoms with Crippen LogP contribution in [0.2, 0.25) is 0 Å². The van der Waals surface area contributed by atoms with E-state index in [1.165, 1.54) is 11.1 Å². The maximum atomic E-state index is 5.94. The first kappa shape index (κ1) is 26.4. The van der Waals surface area contributed by atoms with Crippen molar-refractivity contribution in [2.75, 3.05) is 0 Å². The van der Waals surface area contributed by atoms with Gasteiger partial charge < -0.3 is 4.42 Å². The Kier molecular flexibility index (Phi) is 6.74. The molecule has 0 amide bonds. The van der Waals surface area contributed by atoms with Crippen LogP contribution in [0.1, 0.15) is 0 Å². The average molecular weight is 579 g/mol. The molecule has 0 saturated heterocycles. The molecule has 0 bridgehead atoms. The Bertz CT molecular complexity index is 2220. The molecule has 6 aromatic carbocycles. The highest BCUT2D eigenvalue weighted by Gasteiger charge is 2.15. The lowest BCUT2D eigenvalue weighted by molar-refractivity contribution is 0.584. The Balaban J connectivity index is 1.10. The van der Waals surface area contributed by atoms with Crippen molar-refractivity contribution in [1.82, 2.24) is 20.2 Å². The van der Waals surface area contributed by atoms with Gasteiger partial charge in [-0.2, -0.15) is 0 Å². The third-order valence-corrected chi connectivity index (χ3v) is 7.91. The van der Waals surface area contributed by atoms with Gasteiger partial charge in [0.15, 0.2) is 0 Å². The standard InChI is InChI=1S/C40H26N4O/c1-3-9-27(10-4-1)28-15-21-31(22-16-28)37-38(42-36-14-8-7-13-35(36)41-37)32-23-17-29(18-24-32)30-19-25-34(26-20-30)40-44-43-39(45-40)33-11-5-2-6-12-33/h1-26H. The summed E-state index contributed by atoms with van der Waals surface area (Å²) in [7, 11) is 0. The minimum atomic E-state index is 0.495. The quantitative estimate of drug-likeness (QED) is 0.196. The van der Waals surface area contributed by atoms with Crippen molar-refractivity contribution in [3.8, 4) is 67.7 Å². The largest absolute Gasteiger partial charge is 0.416 e. The third kappa shape index (κ3) is 5.28. The molecule has 0 radical (unpaired) electrons. The number of hydrogen-bond acceptors (Lipinski definition) is 5. The van der Waals surface area contributed by atoms with Crippen LogP contribution in [-0.2, 0) is 0 Å². The Labute approximate surface area is 260 Å². The molecule has 212 valence electrons. The zero-order valence-corrected chi connectivity index (χ0v) is 24.2. The number of para-hydroxylation sites is 2. The van der Waals surface area contributed by atoms with Crippen LogP contribution in [0.5, 0.6) is 0 Å². The van der Waals surface area contributed by atoms with Crippen molar-refractivity contribution in [2.24, 2.45) is 0 Å². The first-order chi connectivity index (χ1) is 22.3. The van der Waals surface area contributed by atoms with Crippen LogP contribution in [0.25, 0.3) is 78.7 Å². The summed E-state index contributed by atoms with van der Waals surface area (Å²) in [5, 5.41) is 8.48. The Morgan fingerprint density at radius 1 is 0.289 bits per heavy atom. The van der Waals surface area contributed by atoms with Crippen LogP contribution < -0.4 is 0 Å². The van der Waals surface area contributed by atoms with Crippen molar-refractivity contribution in [3.05, 3.63) is 158 Å². The van der Waals surface area contributed by atoms with Crippen molar-refractivity contribution >= 4 is 11.0 Å². The summed E-state index contributed by atoms with van der Waals surface area (Å²) in [6.07, 6.45) is 0. The number of rotatable bonds is 6. The van der Waals surface area contributed by atoms with E-state index in [0.717, 1.165) is 55.8 Å². The van der Waals surface area contributed by atoms with Crippen LogP contribution in [0.4, 0.5) is 0 Å². The summed E-state index contributed by atoms with van der Waals surface area (Å²) in [4.78, 5) is 10.2. The SMILES string of the molecule is c1ccc(-c2ccc(-c3nc4ccccc4nc3-c3ccc(-c4ccc(-c5nnc(-c6ccccc6)o5)cc4)cc3)cc2)cc1. The second-order valence-corrected chi connectivity index (χ2v) is 10.8. The van der Waals surface area contributed by atoms with Gasteiger partial charge in [0.1, 0.15) is 0 Å². The molecule has 2 heterocycles. The van der Waals surface area contributed by atoms with Crippen LogP contribution >= 0.6 is 0 Å². The molecule has 8 rings (SSSR count). The second-order valence-electron chi connectivity index (χ2n) is 10.8. The van der Waals surface area contributed by atoms with Gasteiger partial charge in [0.2, 0.25) is 11.8 Å². The molecule has 0 aliphatic heterocycles. The minimum Gasteiger partial charge on any atom is -0.416 e. The van der Waals surface area contributed by atoms with Gasteiger partial charge >= 0.3 is 0 Å². The van der Waals surface area contributed by atoms with Gasteiger partial charge in [-0.05, 0) is 58.7 Å². The smallest absolute Gasteiger partial charge is 0.248 e. The highest BCUT2D eigenvalue weighted by molar-refractivity contribution is 5.87. The second kappa shape index (κ2) is 11.5. The van der Waals surface area contributed by atoms with Gasteiger partial charge in [0.25, 0.3) is 0 Å². The zero-order valence-electron chi connectivity index (χ0n) is 24.2. The zero-order chi connectivity index (χ0) is 30.0. The molecule has 0 N–H and O–H groups in total. The Hall–Kier alpha value is -6.20. The number of hydrogen-bond donors (Lipinski definition) is 0. The summed E-state index contributed by atoms with van der Waals surface area (Å²) in [5.41, 5.74) is 11.8. The van der Waals surface area contributed by atoms with E-state index < -0.39 is 0 Å². The fraction of sp³-hybridized carbons (Fsp3) is 0. The molecule has 0 aliphatic carbocycles. The Morgan fingerprint density at radius 3 is 1.04 bits per heavy atom. The van der Waals surface area contributed by atoms with Crippen molar-refractivity contribution in [3.63, 3.8) is 0 Å². The summed E-state index contributed by atoms with van der Waals surface area (Å²) in [5.74, 6) is 1.00. The van der Waals surface area contributed by atoms with Gasteiger partial charge in [-0.3, -0.25) is 0 Å². The first-order valence-corrected chi connectivity index (χ1v) is 14.8. The summed E-state index contributed by atoms with van der Waals surface area (Å²) >= 11 is 0. The molecule has 5 nitrogen and oxygen atoms in total. The predicted octanol–water partition coefficient (Wildman–Crippen LogP) is 10.0. The highest BCUT2D eigenvalue weighted by atomic mass is 16.4. The van der Waals surface area contributed by atoms with Crippen LogP contribution in [0.3, 0.4) is 0 Å². The van der Waals surface area contributed by atoms with E-state index >= 15 is 0 Å². The van der Waals surface area contributed by atoms with Crippen molar-refractivity contribution < 1.29 is 4.42 Å².